The fraction of sp³-hybridized carbons (Fsp3) is 0.133. The number of anilines is 1. The summed E-state index contributed by atoms with van der Waals surface area (Å²) in [5.74, 6) is 0.322. The van der Waals surface area contributed by atoms with Crippen LogP contribution in [-0.4, -0.2) is 20.7 Å². The van der Waals surface area contributed by atoms with Crippen LogP contribution >= 0.6 is 22.9 Å². The maximum atomic E-state index is 12.3. The lowest BCUT2D eigenvalue weighted by Gasteiger charge is -1.99. The monoisotopic (exact) mass is 332 g/mol. The van der Waals surface area contributed by atoms with Gasteiger partial charge in [-0.1, -0.05) is 23.7 Å². The maximum Gasteiger partial charge on any atom is 0.268 e. The topological polar surface area (TPSA) is 59.8 Å². The smallest absolute Gasteiger partial charge is 0.268 e. The molecule has 0 saturated carbocycles. The van der Waals surface area contributed by atoms with E-state index in [0.717, 1.165) is 10.6 Å². The summed E-state index contributed by atoms with van der Waals surface area (Å²) in [6.45, 7) is 1.82. The van der Waals surface area contributed by atoms with Crippen LogP contribution in [0.1, 0.15) is 15.4 Å². The molecule has 0 radical (unpaired) electrons. The summed E-state index contributed by atoms with van der Waals surface area (Å²) >= 11 is 7.24. The quantitative estimate of drug-likeness (QED) is 0.794. The van der Waals surface area contributed by atoms with Crippen molar-refractivity contribution >= 4 is 34.7 Å². The Hall–Kier alpha value is -2.18. The predicted molar refractivity (Wildman–Crippen MR) is 88.5 cm³/mol. The minimum absolute atomic E-state index is 0.200. The largest absolute Gasteiger partial charge is 0.304 e. The van der Waals surface area contributed by atoms with Crippen molar-refractivity contribution in [3.63, 3.8) is 0 Å². The third-order valence-corrected chi connectivity index (χ3v) is 4.51. The van der Waals surface area contributed by atoms with Gasteiger partial charge in [0.15, 0.2) is 5.82 Å². The number of amides is 1. The zero-order valence-corrected chi connectivity index (χ0v) is 13.6. The summed E-state index contributed by atoms with van der Waals surface area (Å²) < 4.78 is 1.63. The van der Waals surface area contributed by atoms with E-state index in [4.69, 9.17) is 11.6 Å². The van der Waals surface area contributed by atoms with E-state index in [9.17, 15) is 4.79 Å². The summed E-state index contributed by atoms with van der Waals surface area (Å²) in [7, 11) is 1.80. The Kier molecular flexibility index (Phi) is 3.96. The summed E-state index contributed by atoms with van der Waals surface area (Å²) in [5.41, 5.74) is 1.64. The summed E-state index contributed by atoms with van der Waals surface area (Å²) in [6, 6.07) is 9.14. The molecule has 1 amide bonds. The molecule has 1 aromatic carbocycles. The zero-order chi connectivity index (χ0) is 15.7. The lowest BCUT2D eigenvalue weighted by Crippen LogP contribution is -2.12. The fourth-order valence-electron chi connectivity index (χ4n) is 1.98. The van der Waals surface area contributed by atoms with Gasteiger partial charge >= 0.3 is 0 Å². The van der Waals surface area contributed by atoms with Crippen molar-refractivity contribution in [2.24, 2.45) is 7.05 Å². The highest BCUT2D eigenvalue weighted by Crippen LogP contribution is 2.29. The molecule has 7 heteroatoms. The van der Waals surface area contributed by atoms with Gasteiger partial charge in [0.05, 0.1) is 5.69 Å². The first kappa shape index (κ1) is 14.7. The van der Waals surface area contributed by atoms with E-state index in [1.165, 1.54) is 11.3 Å². The van der Waals surface area contributed by atoms with E-state index in [1.54, 1.807) is 36.1 Å². The highest BCUT2D eigenvalue weighted by Gasteiger charge is 2.17. The third kappa shape index (κ3) is 3.03. The third-order valence-electron chi connectivity index (χ3n) is 3.05. The molecule has 5 nitrogen and oxygen atoms in total. The number of carbonyl (C=O) groups is 1. The van der Waals surface area contributed by atoms with Gasteiger partial charge in [-0.15, -0.1) is 11.3 Å². The van der Waals surface area contributed by atoms with Crippen LogP contribution in [0.2, 0.25) is 5.02 Å². The van der Waals surface area contributed by atoms with Gasteiger partial charge in [0.2, 0.25) is 0 Å². The standard InChI is InChI=1S/C15H13ClN4OS/c1-9-13(14(21)18-12-7-8-20(2)19-12)22-15(17-9)10-3-5-11(16)6-4-10/h3-8H,1-2H3,(H,18,19,21). The summed E-state index contributed by atoms with van der Waals surface area (Å²) in [4.78, 5) is 17.4. The Morgan fingerprint density at radius 1 is 1.27 bits per heavy atom. The fourth-order valence-corrected chi connectivity index (χ4v) is 3.07. The number of thiazole rings is 1. The van der Waals surface area contributed by atoms with E-state index < -0.39 is 0 Å². The first-order valence-electron chi connectivity index (χ1n) is 6.57. The zero-order valence-electron chi connectivity index (χ0n) is 12.0. The van der Waals surface area contributed by atoms with Crippen LogP contribution in [0, 0.1) is 6.92 Å². The molecule has 0 saturated heterocycles. The number of benzene rings is 1. The Morgan fingerprint density at radius 3 is 2.64 bits per heavy atom. The Bertz CT molecular complexity index is 822. The first-order valence-corrected chi connectivity index (χ1v) is 7.77. The Labute approximate surface area is 136 Å². The molecule has 0 unspecified atom stereocenters. The molecule has 3 rings (SSSR count). The lowest BCUT2D eigenvalue weighted by atomic mass is 10.2. The molecule has 0 atom stereocenters. The Morgan fingerprint density at radius 2 is 2.00 bits per heavy atom. The van der Waals surface area contributed by atoms with E-state index >= 15 is 0 Å². The molecule has 0 aliphatic carbocycles. The van der Waals surface area contributed by atoms with Gasteiger partial charge in [0.25, 0.3) is 5.91 Å². The van der Waals surface area contributed by atoms with Gasteiger partial charge in [0, 0.05) is 29.9 Å². The second kappa shape index (κ2) is 5.90. The molecular weight excluding hydrogens is 320 g/mol. The van der Waals surface area contributed by atoms with Crippen molar-refractivity contribution < 1.29 is 4.79 Å². The Balaban J connectivity index is 1.85. The number of nitrogens with one attached hydrogen (secondary N) is 1. The molecule has 3 aromatic rings. The van der Waals surface area contributed by atoms with Crippen molar-refractivity contribution in [2.45, 2.75) is 6.92 Å². The highest BCUT2D eigenvalue weighted by atomic mass is 35.5. The molecule has 0 fully saturated rings. The number of carbonyl (C=O) groups excluding carboxylic acids is 1. The van der Waals surface area contributed by atoms with E-state index in [1.807, 2.05) is 19.1 Å². The van der Waals surface area contributed by atoms with Crippen LogP contribution in [0.4, 0.5) is 5.82 Å². The second-order valence-corrected chi connectivity index (χ2v) is 6.20. The van der Waals surface area contributed by atoms with Gasteiger partial charge in [-0.05, 0) is 19.1 Å². The molecule has 0 bridgehead atoms. The van der Waals surface area contributed by atoms with Gasteiger partial charge < -0.3 is 5.32 Å². The van der Waals surface area contributed by atoms with Crippen molar-refractivity contribution in [3.05, 3.63) is 52.1 Å². The van der Waals surface area contributed by atoms with Gasteiger partial charge in [-0.25, -0.2) is 4.98 Å². The molecule has 2 aromatic heterocycles. The lowest BCUT2D eigenvalue weighted by molar-refractivity contribution is 0.102. The van der Waals surface area contributed by atoms with Gasteiger partial charge in [-0.2, -0.15) is 5.10 Å². The van der Waals surface area contributed by atoms with Crippen molar-refractivity contribution in [2.75, 3.05) is 5.32 Å². The summed E-state index contributed by atoms with van der Waals surface area (Å²) in [6.07, 6.45) is 1.77. The van der Waals surface area contributed by atoms with Crippen molar-refractivity contribution in [1.29, 1.82) is 0 Å². The van der Waals surface area contributed by atoms with Crippen LogP contribution in [-0.2, 0) is 7.05 Å². The van der Waals surface area contributed by atoms with Crippen molar-refractivity contribution in [1.82, 2.24) is 14.8 Å². The summed E-state index contributed by atoms with van der Waals surface area (Å²) in [5, 5.41) is 8.37. The predicted octanol–water partition coefficient (Wildman–Crippen LogP) is 3.76. The average molecular weight is 333 g/mol. The number of halogens is 1. The highest BCUT2D eigenvalue weighted by molar-refractivity contribution is 7.17. The average Bonchev–Trinajstić information content (AvgIpc) is 3.06. The molecule has 22 heavy (non-hydrogen) atoms. The molecule has 0 spiro atoms. The minimum Gasteiger partial charge on any atom is -0.304 e. The van der Waals surface area contributed by atoms with Gasteiger partial charge in [0.1, 0.15) is 9.88 Å². The normalized spacial score (nSPS) is 10.7. The first-order chi connectivity index (χ1) is 10.5. The maximum absolute atomic E-state index is 12.3. The van der Waals surface area contributed by atoms with E-state index in [0.29, 0.717) is 21.4 Å². The molecule has 0 aliphatic rings. The second-order valence-electron chi connectivity index (χ2n) is 4.77. The number of hydrogen-bond acceptors (Lipinski definition) is 4. The van der Waals surface area contributed by atoms with Crippen LogP contribution in [0.25, 0.3) is 10.6 Å². The van der Waals surface area contributed by atoms with Crippen molar-refractivity contribution in [3.8, 4) is 10.6 Å². The number of nitrogens with zero attached hydrogens (tertiary/aromatic N) is 3. The molecule has 112 valence electrons. The number of aromatic nitrogens is 3. The van der Waals surface area contributed by atoms with E-state index in [-0.39, 0.29) is 5.91 Å². The number of aryl methyl sites for hydroxylation is 2. The van der Waals surface area contributed by atoms with Crippen LogP contribution in [0.15, 0.2) is 36.5 Å². The van der Waals surface area contributed by atoms with Crippen LogP contribution < -0.4 is 5.32 Å². The molecular formula is C15H13ClN4OS. The van der Waals surface area contributed by atoms with E-state index in [2.05, 4.69) is 15.4 Å². The minimum atomic E-state index is -0.200. The molecule has 2 heterocycles. The van der Waals surface area contributed by atoms with Crippen LogP contribution in [0.5, 0.6) is 0 Å². The number of rotatable bonds is 3. The van der Waals surface area contributed by atoms with Gasteiger partial charge in [-0.3, -0.25) is 9.48 Å². The van der Waals surface area contributed by atoms with Crippen LogP contribution in [0.3, 0.4) is 0 Å². The SMILES string of the molecule is Cc1nc(-c2ccc(Cl)cc2)sc1C(=O)Nc1ccn(C)n1. The number of hydrogen-bond donors (Lipinski definition) is 1. The molecule has 1 N–H and O–H groups in total. The molecule has 0 aliphatic heterocycles.